The van der Waals surface area contributed by atoms with E-state index >= 15 is 0 Å². The van der Waals surface area contributed by atoms with Gasteiger partial charge in [0.1, 0.15) is 36.8 Å². The van der Waals surface area contributed by atoms with Gasteiger partial charge in [-0.3, -0.25) is 58.5 Å². The van der Waals surface area contributed by atoms with Crippen LogP contribution in [0.1, 0.15) is 102 Å². The highest BCUT2D eigenvalue weighted by Crippen LogP contribution is 2.33. The molecule has 4 heterocycles. The number of rotatable bonds is 37. The molecule has 2 aromatic heterocycles. The van der Waals surface area contributed by atoms with Gasteiger partial charge in [0.15, 0.2) is 0 Å². The van der Waals surface area contributed by atoms with Crippen molar-refractivity contribution in [1.29, 1.82) is 0 Å². The fourth-order valence-electron chi connectivity index (χ4n) is 10.4. The van der Waals surface area contributed by atoms with Crippen LogP contribution in [0.3, 0.4) is 0 Å². The molecule has 11 N–H and O–H groups in total. The largest absolute Gasteiger partial charge is 0.480 e. The fraction of sp³-hybridized carbons (Fsp3) is 0.508. The maximum absolute atomic E-state index is 14.5. The van der Waals surface area contributed by atoms with Crippen molar-refractivity contribution < 1.29 is 48.3 Å². The number of benzene rings is 2. The standard InChI is InChI=1S/C63H87N13O10S/c1-40(2)32-48(59(82)74-55(41(3)4)62(85)72-50(34-44-22-10-7-11-23-44)61(84)71-49(33-43-20-8-6-9-21-43)60(83)69-42(5)57(80)68-36-54(78)79)67-35-53(77)70-47(58(81)66-30-18-14-27-52-56-51(39-87-52)73-63(86)75-56)26-15-19-31-76(37-45-24-12-16-28-64-45)38-46-25-13-17-29-65-46/h6-13,16-17,20-25,28-29,40-42,47-52,55-56,67H,14-15,18-19,26-27,30-39H2,1-5H3,(H,66,81)(H,68,80)(H,69,83)(H,70,77)(H,71,84)(H,72,85)(H,74,82)(H,78,79)(H2,73,75,86)/t42-,47?,48-,49-,50-,51-,52-,55-,56-/m0/s1. The van der Waals surface area contributed by atoms with Crippen LogP contribution in [0.4, 0.5) is 4.79 Å². The molecule has 23 nitrogen and oxygen atoms in total. The first-order valence-electron chi connectivity index (χ1n) is 30.1. The highest BCUT2D eigenvalue weighted by Gasteiger charge is 2.42. The molecule has 0 spiro atoms. The van der Waals surface area contributed by atoms with Crippen molar-refractivity contribution in [2.24, 2.45) is 11.8 Å². The van der Waals surface area contributed by atoms with Crippen LogP contribution in [-0.2, 0) is 64.3 Å². The van der Waals surface area contributed by atoms with Crippen molar-refractivity contribution in [2.45, 2.75) is 159 Å². The number of carboxylic acid groups (broad SMARTS) is 1. The summed E-state index contributed by atoms with van der Waals surface area (Å²) in [6.07, 6.45) is 7.85. The van der Waals surface area contributed by atoms with E-state index in [-0.39, 0.29) is 61.0 Å². The molecule has 2 saturated heterocycles. The molecule has 2 fully saturated rings. The Balaban J connectivity index is 1.10. The van der Waals surface area contributed by atoms with Crippen molar-refractivity contribution in [3.05, 3.63) is 132 Å². The Labute approximate surface area is 514 Å². The SMILES string of the molecule is CC(C)C[C@H](NCC(=O)NC(CCCCN(Cc1ccccn1)Cc1ccccn1)C(=O)NCCCC[C@@H]1SC[C@@H]2NC(=O)N[C@@H]21)C(=O)N[C@H](C(=O)N[C@@H](Cc1ccccc1)C(=O)N[C@@H](Cc1ccccc1)C(=O)N[C@@H](C)C(=O)NCC(=O)O)C(C)C. The predicted octanol–water partition coefficient (Wildman–Crippen LogP) is 2.89. The second-order valence-electron chi connectivity index (χ2n) is 23.0. The zero-order valence-corrected chi connectivity index (χ0v) is 51.2. The third-order valence-electron chi connectivity index (χ3n) is 15.0. The van der Waals surface area contributed by atoms with Gasteiger partial charge in [-0.2, -0.15) is 11.8 Å². The van der Waals surface area contributed by atoms with Crippen molar-refractivity contribution in [1.82, 2.24) is 68.0 Å². The number of fused-ring (bicyclic) bond motifs is 1. The first kappa shape index (κ1) is 68.2. The fourth-order valence-corrected chi connectivity index (χ4v) is 12.0. The maximum Gasteiger partial charge on any atom is 0.322 e. The van der Waals surface area contributed by atoms with Crippen LogP contribution in [0.25, 0.3) is 0 Å². The molecule has 2 aliphatic rings. The Morgan fingerprint density at radius 3 is 1.77 bits per heavy atom. The maximum atomic E-state index is 14.5. The van der Waals surface area contributed by atoms with E-state index in [4.69, 9.17) is 5.11 Å². The number of aromatic nitrogens is 2. The van der Waals surface area contributed by atoms with Crippen LogP contribution in [0.2, 0.25) is 0 Å². The lowest BCUT2D eigenvalue weighted by atomic mass is 9.98. The summed E-state index contributed by atoms with van der Waals surface area (Å²) in [4.78, 5) is 132. The molecular weight excluding hydrogens is 1130 g/mol. The van der Waals surface area contributed by atoms with Gasteiger partial charge in [-0.25, -0.2) is 4.79 Å². The van der Waals surface area contributed by atoms with Gasteiger partial charge < -0.3 is 53.0 Å². The molecule has 2 aromatic carbocycles. The van der Waals surface area contributed by atoms with Crippen LogP contribution >= 0.6 is 11.8 Å². The molecular formula is C63H87N13O10S. The second kappa shape index (κ2) is 35.6. The van der Waals surface area contributed by atoms with E-state index in [1.165, 1.54) is 6.92 Å². The molecule has 4 aromatic rings. The summed E-state index contributed by atoms with van der Waals surface area (Å²) in [6.45, 7) is 9.96. The Morgan fingerprint density at radius 2 is 1.20 bits per heavy atom. The molecule has 24 heteroatoms. The van der Waals surface area contributed by atoms with Gasteiger partial charge >= 0.3 is 12.0 Å². The monoisotopic (exact) mass is 1220 g/mol. The molecule has 0 aliphatic carbocycles. The van der Waals surface area contributed by atoms with E-state index in [1.807, 2.05) is 62.0 Å². The Morgan fingerprint density at radius 1 is 0.609 bits per heavy atom. The molecule has 0 saturated carbocycles. The van der Waals surface area contributed by atoms with Gasteiger partial charge in [-0.15, -0.1) is 0 Å². The predicted molar refractivity (Wildman–Crippen MR) is 331 cm³/mol. The van der Waals surface area contributed by atoms with Gasteiger partial charge in [-0.05, 0) is 99.2 Å². The summed E-state index contributed by atoms with van der Waals surface area (Å²) in [5.74, 6) is -5.24. The first-order valence-corrected chi connectivity index (χ1v) is 31.2. The Bertz CT molecular complexity index is 2820. The van der Waals surface area contributed by atoms with E-state index in [1.54, 1.807) is 86.9 Å². The van der Waals surface area contributed by atoms with E-state index in [9.17, 15) is 43.2 Å². The normalized spacial score (nSPS) is 17.3. The second-order valence-corrected chi connectivity index (χ2v) is 24.3. The average molecular weight is 1220 g/mol. The third kappa shape index (κ3) is 23.7. The number of carbonyl (C=O) groups excluding carboxylic acids is 8. The van der Waals surface area contributed by atoms with Crippen LogP contribution in [0, 0.1) is 11.8 Å². The van der Waals surface area contributed by atoms with Gasteiger partial charge in [0.2, 0.25) is 41.4 Å². The van der Waals surface area contributed by atoms with Crippen LogP contribution < -0.4 is 53.2 Å². The Kier molecular flexibility index (Phi) is 27.9. The minimum atomic E-state index is -1.27. The van der Waals surface area contributed by atoms with Crippen molar-refractivity contribution in [3.8, 4) is 0 Å². The van der Waals surface area contributed by atoms with Crippen molar-refractivity contribution in [2.75, 3.05) is 31.9 Å². The van der Waals surface area contributed by atoms with Gasteiger partial charge in [0, 0.05) is 55.9 Å². The number of nitrogens with one attached hydrogen (secondary N) is 10. The lowest BCUT2D eigenvalue weighted by Crippen LogP contribution is -2.60. The number of urea groups is 1. The number of hydrogen-bond donors (Lipinski definition) is 11. The lowest BCUT2D eigenvalue weighted by molar-refractivity contribution is -0.138. The number of hydrogen-bond acceptors (Lipinski definition) is 14. The smallest absolute Gasteiger partial charge is 0.322 e. The van der Waals surface area contributed by atoms with Crippen LogP contribution in [-0.4, -0.2) is 159 Å². The number of carboxylic acids is 1. The van der Waals surface area contributed by atoms with E-state index in [2.05, 4.69) is 68.0 Å². The molecule has 9 atom stereocenters. The zero-order valence-electron chi connectivity index (χ0n) is 50.4. The van der Waals surface area contributed by atoms with E-state index in [0.29, 0.717) is 63.0 Å². The molecule has 2 aliphatic heterocycles. The van der Waals surface area contributed by atoms with Crippen LogP contribution in [0.15, 0.2) is 109 Å². The van der Waals surface area contributed by atoms with E-state index in [0.717, 1.165) is 30.0 Å². The number of unbranched alkanes of at least 4 members (excludes halogenated alkanes) is 2. The first-order chi connectivity index (χ1) is 41.8. The Hall–Kier alpha value is -7.96. The summed E-state index contributed by atoms with van der Waals surface area (Å²) in [5, 5.41) is 37.7. The molecule has 87 heavy (non-hydrogen) atoms. The number of thioether (sulfide) groups is 1. The highest BCUT2D eigenvalue weighted by atomic mass is 32.2. The summed E-state index contributed by atoms with van der Waals surface area (Å²) < 4.78 is 0. The number of aliphatic carboxylic acids is 1. The minimum Gasteiger partial charge on any atom is -0.480 e. The van der Waals surface area contributed by atoms with E-state index < -0.39 is 90.1 Å². The molecule has 470 valence electrons. The number of amides is 9. The van der Waals surface area contributed by atoms with Crippen molar-refractivity contribution in [3.63, 3.8) is 0 Å². The highest BCUT2D eigenvalue weighted by molar-refractivity contribution is 8.00. The van der Waals surface area contributed by atoms with Crippen molar-refractivity contribution >= 4 is 65.1 Å². The average Bonchev–Trinajstić information content (AvgIpc) is 2.48. The quantitative estimate of drug-likeness (QED) is 0.0229. The number of carbonyl (C=O) groups is 9. The molecule has 0 bridgehead atoms. The third-order valence-corrected chi connectivity index (χ3v) is 16.5. The minimum absolute atomic E-state index is 0.00147. The van der Waals surface area contributed by atoms with Crippen LogP contribution in [0.5, 0.6) is 0 Å². The summed E-state index contributed by atoms with van der Waals surface area (Å²) in [5.41, 5.74) is 3.18. The molecule has 0 radical (unpaired) electrons. The van der Waals surface area contributed by atoms with Gasteiger partial charge in [0.05, 0.1) is 36.1 Å². The molecule has 6 rings (SSSR count). The molecule has 9 amide bonds. The lowest BCUT2D eigenvalue weighted by Gasteiger charge is -2.29. The zero-order chi connectivity index (χ0) is 62.7. The number of pyridine rings is 2. The van der Waals surface area contributed by atoms with Gasteiger partial charge in [0.25, 0.3) is 0 Å². The van der Waals surface area contributed by atoms with Gasteiger partial charge in [-0.1, -0.05) is 107 Å². The summed E-state index contributed by atoms with van der Waals surface area (Å²) >= 11 is 1.84. The summed E-state index contributed by atoms with van der Waals surface area (Å²) in [7, 11) is 0. The molecule has 1 unspecified atom stereocenters. The summed E-state index contributed by atoms with van der Waals surface area (Å²) in [6, 6.07) is 22.7. The topological polar surface area (TPSA) is 323 Å². The number of nitrogens with zero attached hydrogens (tertiary/aromatic N) is 3.